The van der Waals surface area contributed by atoms with Crippen molar-refractivity contribution in [2.24, 2.45) is 0 Å². The summed E-state index contributed by atoms with van der Waals surface area (Å²) in [6.07, 6.45) is 0.667. The van der Waals surface area contributed by atoms with Crippen molar-refractivity contribution >= 4 is 24.4 Å². The second-order valence-electron chi connectivity index (χ2n) is 3.53. The van der Waals surface area contributed by atoms with Gasteiger partial charge in [-0.2, -0.15) is 0 Å². The number of nitrogens with zero attached hydrogens (tertiary/aromatic N) is 1. The molecule has 0 saturated carbocycles. The van der Waals surface area contributed by atoms with Gasteiger partial charge in [0.05, 0.1) is 0 Å². The molecule has 1 heterocycles. The molecule has 4 heteroatoms. The predicted molar refractivity (Wildman–Crippen MR) is 61.6 cm³/mol. The molecule has 0 unspecified atom stereocenters. The third-order valence-corrected chi connectivity index (χ3v) is 5.10. The Morgan fingerprint density at radius 2 is 2.27 bits per heavy atom. The normalized spacial score (nSPS) is 11.1. The number of fused-ring (bicyclic) bond motifs is 1. The molecule has 2 aromatic rings. The summed E-state index contributed by atoms with van der Waals surface area (Å²) in [5, 5.41) is 9.61. The van der Waals surface area contributed by atoms with Crippen LogP contribution in [0.5, 0.6) is 0 Å². The Kier molecular flexibility index (Phi) is 3.10. The van der Waals surface area contributed by atoms with Crippen molar-refractivity contribution in [2.75, 3.05) is 6.61 Å². The van der Waals surface area contributed by atoms with Gasteiger partial charge in [-0.25, -0.2) is 0 Å². The van der Waals surface area contributed by atoms with E-state index < -0.39 is 0 Å². The quantitative estimate of drug-likeness (QED) is 0.836. The van der Waals surface area contributed by atoms with Crippen LogP contribution in [0.4, 0.5) is 0 Å². The Morgan fingerprint density at radius 3 is 2.93 bits per heavy atom. The molecule has 0 fully saturated rings. The molecule has 0 spiro atoms. The van der Waals surface area contributed by atoms with Crippen molar-refractivity contribution in [1.29, 1.82) is 0 Å². The number of hydrogen-bond donors (Lipinski definition) is 1. The van der Waals surface area contributed by atoms with Gasteiger partial charge >= 0.3 is 93.7 Å². The number of aliphatic hydroxyl groups excluding tert-OH is 1. The summed E-state index contributed by atoms with van der Waals surface area (Å²) in [5.41, 5.74) is 1.33. The first-order valence-corrected chi connectivity index (χ1v) is 6.56. The van der Waals surface area contributed by atoms with E-state index in [0.717, 1.165) is 5.39 Å². The molecule has 0 aliphatic rings. The SMILES string of the molecule is Cc1cccc2c(=O)n(CCCO)[se]c12. The molecule has 15 heavy (non-hydrogen) atoms. The third kappa shape index (κ3) is 1.93. The molecule has 0 aliphatic carbocycles. The van der Waals surface area contributed by atoms with Crippen molar-refractivity contribution in [3.63, 3.8) is 0 Å². The Bertz CT molecular complexity index is 527. The van der Waals surface area contributed by atoms with Gasteiger partial charge in [-0.1, -0.05) is 0 Å². The first kappa shape index (κ1) is 10.7. The van der Waals surface area contributed by atoms with E-state index in [0.29, 0.717) is 13.0 Å². The van der Waals surface area contributed by atoms with E-state index in [4.69, 9.17) is 5.11 Å². The van der Waals surface area contributed by atoms with Crippen LogP contribution in [0.1, 0.15) is 12.0 Å². The molecule has 1 N–H and O–H groups in total. The van der Waals surface area contributed by atoms with Crippen molar-refractivity contribution in [3.8, 4) is 0 Å². The fraction of sp³-hybridized carbons (Fsp3) is 0.364. The van der Waals surface area contributed by atoms with Crippen molar-refractivity contribution in [2.45, 2.75) is 19.9 Å². The van der Waals surface area contributed by atoms with Gasteiger partial charge in [0, 0.05) is 0 Å². The summed E-state index contributed by atoms with van der Waals surface area (Å²) >= 11 is 0.104. The summed E-state index contributed by atoms with van der Waals surface area (Å²) in [4.78, 5) is 11.9. The van der Waals surface area contributed by atoms with Crippen LogP contribution in [0.25, 0.3) is 9.65 Å². The molecule has 2 rings (SSSR count). The van der Waals surface area contributed by atoms with Crippen LogP contribution in [0.3, 0.4) is 0 Å². The van der Waals surface area contributed by atoms with Crippen molar-refractivity contribution in [1.82, 2.24) is 3.56 Å². The zero-order valence-electron chi connectivity index (χ0n) is 8.56. The molecule has 0 bridgehead atoms. The molecule has 0 atom stereocenters. The van der Waals surface area contributed by atoms with Gasteiger partial charge in [0.1, 0.15) is 0 Å². The topological polar surface area (TPSA) is 42.2 Å². The molecular formula is C11H13NO2Se. The van der Waals surface area contributed by atoms with E-state index in [9.17, 15) is 4.79 Å². The minimum absolute atomic E-state index is 0.104. The molecule has 1 aromatic heterocycles. The van der Waals surface area contributed by atoms with E-state index in [-0.39, 0.29) is 26.9 Å². The molecular weight excluding hydrogens is 257 g/mol. The number of aliphatic hydroxyl groups is 1. The van der Waals surface area contributed by atoms with Crippen LogP contribution in [0, 0.1) is 6.92 Å². The molecule has 1 aromatic carbocycles. The first-order valence-electron chi connectivity index (χ1n) is 4.94. The summed E-state index contributed by atoms with van der Waals surface area (Å²) in [7, 11) is 0. The molecule has 0 saturated heterocycles. The van der Waals surface area contributed by atoms with Crippen LogP contribution < -0.4 is 5.56 Å². The zero-order chi connectivity index (χ0) is 10.8. The third-order valence-electron chi connectivity index (χ3n) is 2.39. The van der Waals surface area contributed by atoms with E-state index in [1.54, 1.807) is 0 Å². The maximum atomic E-state index is 11.9. The Labute approximate surface area is 93.9 Å². The monoisotopic (exact) mass is 271 g/mol. The number of hydrogen-bond acceptors (Lipinski definition) is 2. The number of rotatable bonds is 3. The summed E-state index contributed by atoms with van der Waals surface area (Å²) in [5.74, 6) is 0. The standard InChI is InChI=1S/C11H13NO2Se/c1-8-4-2-5-9-10(8)15-12(11(9)14)6-3-7-13/h2,4-5,13H,3,6-7H2,1H3. The van der Waals surface area contributed by atoms with Gasteiger partial charge in [0.25, 0.3) is 0 Å². The molecule has 0 amide bonds. The zero-order valence-corrected chi connectivity index (χ0v) is 10.3. The van der Waals surface area contributed by atoms with Crippen LogP contribution in [-0.2, 0) is 6.54 Å². The van der Waals surface area contributed by atoms with Gasteiger partial charge in [-0.3, -0.25) is 0 Å². The summed E-state index contributed by atoms with van der Waals surface area (Å²) in [6.45, 7) is 2.86. The maximum absolute atomic E-state index is 11.9. The van der Waals surface area contributed by atoms with E-state index in [1.807, 2.05) is 28.7 Å². The number of aromatic nitrogens is 1. The Hall–Kier alpha value is -0.831. The van der Waals surface area contributed by atoms with Crippen LogP contribution >= 0.6 is 0 Å². The Balaban J connectivity index is 2.54. The fourth-order valence-electron chi connectivity index (χ4n) is 1.59. The van der Waals surface area contributed by atoms with E-state index in [1.165, 1.54) is 9.82 Å². The van der Waals surface area contributed by atoms with Crippen LogP contribution in [-0.4, -0.2) is 30.0 Å². The van der Waals surface area contributed by atoms with Crippen LogP contribution in [0.15, 0.2) is 23.0 Å². The average molecular weight is 270 g/mol. The molecule has 3 nitrogen and oxygen atoms in total. The summed E-state index contributed by atoms with van der Waals surface area (Å²) in [6, 6.07) is 5.87. The van der Waals surface area contributed by atoms with Crippen molar-refractivity contribution in [3.05, 3.63) is 34.1 Å². The van der Waals surface area contributed by atoms with Gasteiger partial charge in [0.2, 0.25) is 0 Å². The van der Waals surface area contributed by atoms with Crippen molar-refractivity contribution < 1.29 is 5.11 Å². The van der Waals surface area contributed by atoms with Gasteiger partial charge < -0.3 is 0 Å². The first-order chi connectivity index (χ1) is 7.24. The number of benzene rings is 1. The van der Waals surface area contributed by atoms with Gasteiger partial charge in [-0.05, 0) is 0 Å². The van der Waals surface area contributed by atoms with E-state index in [2.05, 4.69) is 0 Å². The van der Waals surface area contributed by atoms with Crippen LogP contribution in [0.2, 0.25) is 0 Å². The second-order valence-corrected chi connectivity index (χ2v) is 5.69. The number of aryl methyl sites for hydroxylation is 2. The average Bonchev–Trinajstić information content (AvgIpc) is 2.55. The molecule has 0 radical (unpaired) electrons. The minimum atomic E-state index is 0.104. The molecule has 0 aliphatic heterocycles. The van der Waals surface area contributed by atoms with Gasteiger partial charge in [0.15, 0.2) is 0 Å². The second kappa shape index (κ2) is 4.35. The molecule has 80 valence electrons. The predicted octanol–water partition coefficient (Wildman–Crippen LogP) is 0.749. The summed E-state index contributed by atoms with van der Waals surface area (Å²) < 4.78 is 3.06. The van der Waals surface area contributed by atoms with Gasteiger partial charge in [-0.15, -0.1) is 0 Å². The Morgan fingerprint density at radius 1 is 1.47 bits per heavy atom. The van der Waals surface area contributed by atoms with E-state index >= 15 is 0 Å². The fourth-order valence-corrected chi connectivity index (χ4v) is 3.87.